The predicted octanol–water partition coefficient (Wildman–Crippen LogP) is 4.93. The Morgan fingerprint density at radius 1 is 0.875 bits per heavy atom. The lowest BCUT2D eigenvalue weighted by molar-refractivity contribution is 0.0997. The van der Waals surface area contributed by atoms with Crippen molar-refractivity contribution in [2.24, 2.45) is 5.73 Å². The van der Waals surface area contributed by atoms with E-state index in [1.54, 1.807) is 48.5 Å². The summed E-state index contributed by atoms with van der Waals surface area (Å²) in [4.78, 5) is 28.7. The second kappa shape index (κ2) is 8.19. The molecule has 0 fully saturated rings. The molecule has 0 aliphatic rings. The summed E-state index contributed by atoms with van der Waals surface area (Å²) in [6.45, 7) is 6.21. The number of rotatable bonds is 5. The lowest BCUT2D eigenvalue weighted by Gasteiger charge is -2.24. The Morgan fingerprint density at radius 3 is 2.00 bits per heavy atom. The number of ether oxygens (including phenoxy) is 1. The molecule has 2 amide bonds. The fraction of sp³-hybridized carbons (Fsp3) is 0.160. The van der Waals surface area contributed by atoms with Gasteiger partial charge >= 0.3 is 0 Å². The summed E-state index contributed by atoms with van der Waals surface area (Å²) in [5.41, 5.74) is 7.66. The zero-order chi connectivity index (χ0) is 22.9. The van der Waals surface area contributed by atoms with Crippen LogP contribution in [0.1, 0.15) is 41.5 Å². The number of carbonyl (C=O) groups excluding carboxylic acids is 2. The summed E-state index contributed by atoms with van der Waals surface area (Å²) in [5.74, 6) is 0.870. The minimum atomic E-state index is -0.494. The van der Waals surface area contributed by atoms with Gasteiger partial charge in [-0.3, -0.25) is 14.9 Å². The summed E-state index contributed by atoms with van der Waals surface area (Å²) in [5, 5.41) is 2.94. The highest BCUT2D eigenvalue weighted by atomic mass is 16.5. The van der Waals surface area contributed by atoms with Crippen LogP contribution in [0.4, 0.5) is 5.95 Å². The number of nitrogens with two attached hydrogens (primary N) is 1. The molecule has 7 heteroatoms. The van der Waals surface area contributed by atoms with Gasteiger partial charge in [0.15, 0.2) is 0 Å². The van der Waals surface area contributed by atoms with Crippen molar-refractivity contribution in [3.05, 3.63) is 83.9 Å². The molecule has 1 heterocycles. The molecule has 162 valence electrons. The average Bonchev–Trinajstić information content (AvgIpc) is 3.13. The molecule has 3 aromatic carbocycles. The summed E-state index contributed by atoms with van der Waals surface area (Å²) in [6, 6.07) is 21.1. The molecule has 0 unspecified atom stereocenters. The largest absolute Gasteiger partial charge is 0.457 e. The first-order valence-corrected chi connectivity index (χ1v) is 10.2. The summed E-state index contributed by atoms with van der Waals surface area (Å²) < 4.78 is 7.79. The van der Waals surface area contributed by atoms with Crippen molar-refractivity contribution < 1.29 is 14.3 Å². The highest BCUT2D eigenvalue weighted by molar-refractivity contribution is 6.04. The van der Waals surface area contributed by atoms with Crippen LogP contribution >= 0.6 is 0 Å². The molecule has 0 atom stereocenters. The highest BCUT2D eigenvalue weighted by Crippen LogP contribution is 2.28. The Hall–Kier alpha value is -4.13. The maximum atomic E-state index is 12.9. The van der Waals surface area contributed by atoms with Crippen molar-refractivity contribution in [1.82, 2.24) is 9.55 Å². The third kappa shape index (κ3) is 4.32. The van der Waals surface area contributed by atoms with E-state index < -0.39 is 5.91 Å². The number of anilines is 1. The van der Waals surface area contributed by atoms with Crippen LogP contribution in [0.15, 0.2) is 72.8 Å². The van der Waals surface area contributed by atoms with Crippen LogP contribution in [-0.4, -0.2) is 21.4 Å². The van der Waals surface area contributed by atoms with E-state index in [1.165, 1.54) is 0 Å². The van der Waals surface area contributed by atoms with Gasteiger partial charge in [0.05, 0.1) is 11.0 Å². The third-order valence-electron chi connectivity index (χ3n) is 4.95. The topological polar surface area (TPSA) is 99.2 Å². The van der Waals surface area contributed by atoms with Gasteiger partial charge in [0.1, 0.15) is 11.5 Å². The van der Waals surface area contributed by atoms with Gasteiger partial charge in [0.25, 0.3) is 5.91 Å². The second-order valence-corrected chi connectivity index (χ2v) is 8.40. The molecule has 0 spiro atoms. The number of benzene rings is 3. The number of imidazole rings is 1. The maximum absolute atomic E-state index is 12.9. The van der Waals surface area contributed by atoms with Crippen molar-refractivity contribution in [3.8, 4) is 11.5 Å². The van der Waals surface area contributed by atoms with Crippen LogP contribution in [0.5, 0.6) is 11.5 Å². The third-order valence-corrected chi connectivity index (χ3v) is 4.95. The molecule has 7 nitrogen and oxygen atoms in total. The van der Waals surface area contributed by atoms with Gasteiger partial charge in [-0.15, -0.1) is 0 Å². The average molecular weight is 428 g/mol. The SMILES string of the molecule is CC(C)(C)n1c(NC(=O)c2ccc(Oc3ccc(C(N)=O)cc3)cc2)nc2ccccc21. The van der Waals surface area contributed by atoms with Crippen LogP contribution in [-0.2, 0) is 5.54 Å². The van der Waals surface area contributed by atoms with Crippen LogP contribution in [0, 0.1) is 0 Å². The van der Waals surface area contributed by atoms with Crippen molar-refractivity contribution in [2.75, 3.05) is 5.32 Å². The molecule has 32 heavy (non-hydrogen) atoms. The molecular weight excluding hydrogens is 404 g/mol. The molecule has 0 aliphatic heterocycles. The van der Waals surface area contributed by atoms with Crippen molar-refractivity contribution >= 4 is 28.8 Å². The number of hydrogen-bond acceptors (Lipinski definition) is 4. The number of primary amides is 1. The van der Waals surface area contributed by atoms with Gasteiger partial charge in [-0.1, -0.05) is 12.1 Å². The molecule has 0 bridgehead atoms. The molecule has 1 aromatic heterocycles. The number of nitrogens with one attached hydrogen (secondary N) is 1. The summed E-state index contributed by atoms with van der Waals surface area (Å²) in [6.07, 6.45) is 0. The number of hydrogen-bond donors (Lipinski definition) is 2. The van der Waals surface area contributed by atoms with Crippen molar-refractivity contribution in [2.45, 2.75) is 26.3 Å². The standard InChI is InChI=1S/C25H24N4O3/c1-25(2,3)29-21-7-5-4-6-20(21)27-24(29)28-23(31)17-10-14-19(15-11-17)32-18-12-8-16(9-13-18)22(26)30/h4-15H,1-3H3,(H2,26,30)(H,27,28,31). The van der Waals surface area contributed by atoms with Crippen molar-refractivity contribution in [1.29, 1.82) is 0 Å². The molecule has 3 N–H and O–H groups in total. The molecule has 0 saturated carbocycles. The number of para-hydroxylation sites is 2. The van der Waals surface area contributed by atoms with Crippen molar-refractivity contribution in [3.63, 3.8) is 0 Å². The summed E-state index contributed by atoms with van der Waals surface area (Å²) in [7, 11) is 0. The predicted molar refractivity (Wildman–Crippen MR) is 124 cm³/mol. The van der Waals surface area contributed by atoms with E-state index in [0.717, 1.165) is 11.0 Å². The van der Waals surface area contributed by atoms with E-state index in [1.807, 2.05) is 28.8 Å². The second-order valence-electron chi connectivity index (χ2n) is 8.40. The number of nitrogens with zero attached hydrogens (tertiary/aromatic N) is 2. The van der Waals surface area contributed by atoms with E-state index in [2.05, 4.69) is 31.1 Å². The molecular formula is C25H24N4O3. The first-order valence-electron chi connectivity index (χ1n) is 10.2. The van der Waals surface area contributed by atoms with Gasteiger partial charge in [0.2, 0.25) is 11.9 Å². The lowest BCUT2D eigenvalue weighted by atomic mass is 10.1. The minimum Gasteiger partial charge on any atom is -0.457 e. The van der Waals surface area contributed by atoms with Gasteiger partial charge in [0, 0.05) is 16.7 Å². The smallest absolute Gasteiger partial charge is 0.257 e. The first-order chi connectivity index (χ1) is 15.2. The van der Waals surface area contributed by atoms with E-state index in [9.17, 15) is 9.59 Å². The van der Waals surface area contributed by atoms with E-state index in [4.69, 9.17) is 10.5 Å². The van der Waals surface area contributed by atoms with E-state index in [-0.39, 0.29) is 11.4 Å². The minimum absolute atomic E-state index is 0.261. The number of fused-ring (bicyclic) bond motifs is 1. The Kier molecular flexibility index (Phi) is 5.40. The van der Waals surface area contributed by atoms with E-state index >= 15 is 0 Å². The quantitative estimate of drug-likeness (QED) is 0.470. The first kappa shape index (κ1) is 21.1. The van der Waals surface area contributed by atoms with Crippen LogP contribution in [0.3, 0.4) is 0 Å². The molecule has 0 radical (unpaired) electrons. The van der Waals surface area contributed by atoms with E-state index in [0.29, 0.717) is 28.6 Å². The Balaban J connectivity index is 1.52. The van der Waals surface area contributed by atoms with Gasteiger partial charge < -0.3 is 15.0 Å². The fourth-order valence-corrected chi connectivity index (χ4v) is 3.46. The molecule has 4 rings (SSSR count). The number of carbonyl (C=O) groups is 2. The zero-order valence-electron chi connectivity index (χ0n) is 18.1. The van der Waals surface area contributed by atoms with Crippen LogP contribution in [0.25, 0.3) is 11.0 Å². The normalized spacial score (nSPS) is 11.3. The molecule has 4 aromatic rings. The molecule has 0 aliphatic carbocycles. The summed E-state index contributed by atoms with van der Waals surface area (Å²) >= 11 is 0. The fourth-order valence-electron chi connectivity index (χ4n) is 3.46. The highest BCUT2D eigenvalue weighted by Gasteiger charge is 2.22. The Bertz CT molecular complexity index is 1280. The van der Waals surface area contributed by atoms with Gasteiger partial charge in [-0.2, -0.15) is 0 Å². The number of aromatic nitrogens is 2. The monoisotopic (exact) mass is 428 g/mol. The van der Waals surface area contributed by atoms with Crippen LogP contribution in [0.2, 0.25) is 0 Å². The van der Waals surface area contributed by atoms with Crippen LogP contribution < -0.4 is 15.8 Å². The Morgan fingerprint density at radius 2 is 1.44 bits per heavy atom. The number of amides is 2. The van der Waals surface area contributed by atoms with Gasteiger partial charge in [-0.25, -0.2) is 4.98 Å². The lowest BCUT2D eigenvalue weighted by Crippen LogP contribution is -2.25. The zero-order valence-corrected chi connectivity index (χ0v) is 18.1. The van der Waals surface area contributed by atoms with Gasteiger partial charge in [-0.05, 0) is 81.4 Å². The maximum Gasteiger partial charge on any atom is 0.257 e. The molecule has 0 saturated heterocycles. The Labute approximate surface area is 185 Å².